The number of amides is 1. The zero-order chi connectivity index (χ0) is 15.6. The maximum atomic E-state index is 12.6. The normalized spacial score (nSPS) is 23.4. The minimum Gasteiger partial charge on any atom is -0.347 e. The van der Waals surface area contributed by atoms with Crippen LogP contribution in [0.1, 0.15) is 25.7 Å². The van der Waals surface area contributed by atoms with Crippen LogP contribution in [0.15, 0.2) is 24.3 Å². The highest BCUT2D eigenvalue weighted by atomic mass is 16.7. The SMILES string of the molecule is O=C(Nc1cccc([N+](=O)[O-])c1)C1CCCCC12OCCO2. The first-order valence-electron chi connectivity index (χ1n) is 7.44. The minimum atomic E-state index is -0.816. The maximum absolute atomic E-state index is 12.6. The average Bonchev–Trinajstić information content (AvgIpc) is 2.96. The molecule has 7 heteroatoms. The highest BCUT2D eigenvalue weighted by Gasteiger charge is 2.49. The fourth-order valence-electron chi connectivity index (χ4n) is 3.19. The monoisotopic (exact) mass is 306 g/mol. The van der Waals surface area contributed by atoms with Gasteiger partial charge < -0.3 is 14.8 Å². The molecule has 2 fully saturated rings. The highest BCUT2D eigenvalue weighted by Crippen LogP contribution is 2.41. The fourth-order valence-corrected chi connectivity index (χ4v) is 3.19. The van der Waals surface area contributed by atoms with Crippen molar-refractivity contribution in [2.45, 2.75) is 31.5 Å². The number of nitrogens with one attached hydrogen (secondary N) is 1. The van der Waals surface area contributed by atoms with Gasteiger partial charge >= 0.3 is 0 Å². The third-order valence-corrected chi connectivity index (χ3v) is 4.22. The molecule has 7 nitrogen and oxygen atoms in total. The summed E-state index contributed by atoms with van der Waals surface area (Å²) >= 11 is 0. The molecule has 1 aromatic rings. The number of carbonyl (C=O) groups excluding carboxylic acids is 1. The zero-order valence-corrected chi connectivity index (χ0v) is 12.1. The van der Waals surface area contributed by atoms with E-state index in [-0.39, 0.29) is 17.5 Å². The number of nitrogens with zero attached hydrogens (tertiary/aromatic N) is 1. The molecule has 1 aliphatic heterocycles. The summed E-state index contributed by atoms with van der Waals surface area (Å²) in [6, 6.07) is 5.93. The number of non-ortho nitro benzene ring substituents is 1. The Kier molecular flexibility index (Phi) is 4.08. The molecule has 118 valence electrons. The predicted molar refractivity (Wildman–Crippen MR) is 78.3 cm³/mol. The summed E-state index contributed by atoms with van der Waals surface area (Å²) in [6.07, 6.45) is 3.32. The summed E-state index contributed by atoms with van der Waals surface area (Å²) in [7, 11) is 0. The quantitative estimate of drug-likeness (QED) is 0.684. The Morgan fingerprint density at radius 3 is 2.82 bits per heavy atom. The molecule has 3 rings (SSSR count). The number of benzene rings is 1. The Morgan fingerprint density at radius 2 is 2.09 bits per heavy atom. The number of nitro benzene ring substituents is 1. The second-order valence-corrected chi connectivity index (χ2v) is 5.60. The summed E-state index contributed by atoms with van der Waals surface area (Å²) in [4.78, 5) is 22.9. The van der Waals surface area contributed by atoms with E-state index in [4.69, 9.17) is 9.47 Å². The lowest BCUT2D eigenvalue weighted by atomic mass is 9.82. The lowest BCUT2D eigenvalue weighted by molar-refractivity contribution is -0.384. The van der Waals surface area contributed by atoms with Crippen molar-refractivity contribution in [3.05, 3.63) is 34.4 Å². The van der Waals surface area contributed by atoms with Crippen LogP contribution in [0.25, 0.3) is 0 Å². The van der Waals surface area contributed by atoms with Gasteiger partial charge in [-0.05, 0) is 18.9 Å². The largest absolute Gasteiger partial charge is 0.347 e. The van der Waals surface area contributed by atoms with Crippen molar-refractivity contribution in [1.29, 1.82) is 0 Å². The first-order chi connectivity index (χ1) is 10.6. The van der Waals surface area contributed by atoms with Crippen LogP contribution in [-0.2, 0) is 14.3 Å². The fraction of sp³-hybridized carbons (Fsp3) is 0.533. The molecule has 22 heavy (non-hydrogen) atoms. The Labute approximate surface area is 127 Å². The van der Waals surface area contributed by atoms with Gasteiger partial charge in [0.05, 0.1) is 24.1 Å². The van der Waals surface area contributed by atoms with Crippen LogP contribution in [0.5, 0.6) is 0 Å². The number of ether oxygens (including phenoxy) is 2. The molecule has 0 radical (unpaired) electrons. The number of carbonyl (C=O) groups is 1. The van der Waals surface area contributed by atoms with Crippen molar-refractivity contribution in [3.8, 4) is 0 Å². The molecule has 1 amide bonds. The van der Waals surface area contributed by atoms with Crippen LogP contribution in [0.4, 0.5) is 11.4 Å². The Bertz CT molecular complexity index is 583. The third-order valence-electron chi connectivity index (χ3n) is 4.22. The summed E-state index contributed by atoms with van der Waals surface area (Å²) in [5.74, 6) is -1.41. The molecule has 1 atom stereocenters. The van der Waals surface area contributed by atoms with Gasteiger partial charge in [-0.25, -0.2) is 0 Å². The van der Waals surface area contributed by atoms with Crippen molar-refractivity contribution >= 4 is 17.3 Å². The van der Waals surface area contributed by atoms with Crippen LogP contribution in [0, 0.1) is 16.0 Å². The van der Waals surface area contributed by atoms with Crippen molar-refractivity contribution in [2.75, 3.05) is 18.5 Å². The van der Waals surface area contributed by atoms with E-state index in [1.54, 1.807) is 12.1 Å². The van der Waals surface area contributed by atoms with Gasteiger partial charge in [0.1, 0.15) is 0 Å². The summed E-state index contributed by atoms with van der Waals surface area (Å²) in [5.41, 5.74) is 0.363. The van der Waals surface area contributed by atoms with Crippen LogP contribution in [-0.4, -0.2) is 29.8 Å². The van der Waals surface area contributed by atoms with Crippen LogP contribution in [0.2, 0.25) is 0 Å². The molecule has 1 spiro atoms. The number of hydrogen-bond acceptors (Lipinski definition) is 5. The average molecular weight is 306 g/mol. The first-order valence-corrected chi connectivity index (χ1v) is 7.44. The third kappa shape index (κ3) is 2.82. The van der Waals surface area contributed by atoms with E-state index >= 15 is 0 Å². The van der Waals surface area contributed by atoms with E-state index in [0.717, 1.165) is 12.8 Å². The van der Waals surface area contributed by atoms with Gasteiger partial charge in [-0.15, -0.1) is 0 Å². The Morgan fingerprint density at radius 1 is 1.32 bits per heavy atom. The number of nitro groups is 1. The van der Waals surface area contributed by atoms with Crippen molar-refractivity contribution < 1.29 is 19.2 Å². The second-order valence-electron chi connectivity index (χ2n) is 5.60. The van der Waals surface area contributed by atoms with Gasteiger partial charge in [0, 0.05) is 24.2 Å². The van der Waals surface area contributed by atoms with Crippen molar-refractivity contribution in [1.82, 2.24) is 0 Å². The molecule has 1 heterocycles. The van der Waals surface area contributed by atoms with Gasteiger partial charge in [-0.2, -0.15) is 0 Å². The molecule has 1 saturated heterocycles. The number of anilines is 1. The maximum Gasteiger partial charge on any atom is 0.271 e. The zero-order valence-electron chi connectivity index (χ0n) is 12.1. The van der Waals surface area contributed by atoms with Crippen LogP contribution < -0.4 is 5.32 Å². The summed E-state index contributed by atoms with van der Waals surface area (Å²) in [5, 5.41) is 13.6. The van der Waals surface area contributed by atoms with Crippen LogP contribution in [0.3, 0.4) is 0 Å². The van der Waals surface area contributed by atoms with E-state index in [0.29, 0.717) is 31.7 Å². The summed E-state index contributed by atoms with van der Waals surface area (Å²) in [6.45, 7) is 1.00. The van der Waals surface area contributed by atoms with Crippen molar-refractivity contribution in [3.63, 3.8) is 0 Å². The molecular formula is C15H18N2O5. The smallest absolute Gasteiger partial charge is 0.271 e. The molecule has 1 aromatic carbocycles. The van der Waals surface area contributed by atoms with E-state index in [1.807, 2.05) is 0 Å². The van der Waals surface area contributed by atoms with E-state index in [1.165, 1.54) is 12.1 Å². The number of hydrogen-bond donors (Lipinski definition) is 1. The minimum absolute atomic E-state index is 0.0514. The molecule has 1 unspecified atom stereocenters. The van der Waals surface area contributed by atoms with Gasteiger partial charge in [-0.1, -0.05) is 12.5 Å². The molecule has 1 N–H and O–H groups in total. The van der Waals surface area contributed by atoms with E-state index < -0.39 is 10.7 Å². The second kappa shape index (κ2) is 6.02. The number of rotatable bonds is 3. The van der Waals surface area contributed by atoms with Crippen LogP contribution >= 0.6 is 0 Å². The lowest BCUT2D eigenvalue weighted by Crippen LogP contribution is -2.47. The van der Waals surface area contributed by atoms with E-state index in [9.17, 15) is 14.9 Å². The van der Waals surface area contributed by atoms with Gasteiger partial charge in [-0.3, -0.25) is 14.9 Å². The molecular weight excluding hydrogens is 288 g/mol. The van der Waals surface area contributed by atoms with Gasteiger partial charge in [0.15, 0.2) is 5.79 Å². The molecule has 0 aromatic heterocycles. The Hall–Kier alpha value is -1.99. The molecule has 1 saturated carbocycles. The highest BCUT2D eigenvalue weighted by molar-refractivity contribution is 5.93. The van der Waals surface area contributed by atoms with Crippen molar-refractivity contribution in [2.24, 2.45) is 5.92 Å². The predicted octanol–water partition coefficient (Wildman–Crippen LogP) is 2.47. The lowest BCUT2D eigenvalue weighted by Gasteiger charge is -2.38. The molecule has 2 aliphatic rings. The standard InChI is InChI=1S/C15H18N2O5/c18-14(16-11-4-3-5-12(10-11)17(19)20)13-6-1-2-7-15(13)21-8-9-22-15/h3-5,10,13H,1-2,6-9H2,(H,16,18). The summed E-state index contributed by atoms with van der Waals surface area (Å²) < 4.78 is 11.4. The van der Waals surface area contributed by atoms with Gasteiger partial charge in [0.2, 0.25) is 5.91 Å². The topological polar surface area (TPSA) is 90.7 Å². The van der Waals surface area contributed by atoms with Gasteiger partial charge in [0.25, 0.3) is 5.69 Å². The first kappa shape index (κ1) is 14.9. The van der Waals surface area contributed by atoms with E-state index in [2.05, 4.69) is 5.32 Å². The molecule has 0 bridgehead atoms. The Balaban J connectivity index is 1.75. The molecule has 1 aliphatic carbocycles.